The van der Waals surface area contributed by atoms with Gasteiger partial charge in [0.2, 0.25) is 0 Å². The Morgan fingerprint density at radius 2 is 1.74 bits per heavy atom. The van der Waals surface area contributed by atoms with Crippen LogP contribution >= 0.6 is 23.2 Å². The minimum Gasteiger partial charge on any atom is -0.492 e. The van der Waals surface area contributed by atoms with Crippen LogP contribution in [0.25, 0.3) is 0 Å². The summed E-state index contributed by atoms with van der Waals surface area (Å²) in [5.41, 5.74) is 1.69. The highest BCUT2D eigenvalue weighted by Crippen LogP contribution is 2.56. The molecule has 0 spiro atoms. The van der Waals surface area contributed by atoms with Crippen molar-refractivity contribution in [3.05, 3.63) is 93.2 Å². The quantitative estimate of drug-likeness (QED) is 0.354. The van der Waals surface area contributed by atoms with E-state index in [4.69, 9.17) is 27.9 Å². The number of aromatic carboxylic acids is 1. The summed E-state index contributed by atoms with van der Waals surface area (Å²) in [5.74, 6) is -1.41. The zero-order valence-corrected chi connectivity index (χ0v) is 21.0. The van der Waals surface area contributed by atoms with Crippen LogP contribution in [0.15, 0.2) is 60.7 Å². The molecule has 1 aliphatic carbocycles. The number of nitrogens with zero attached hydrogens (tertiary/aromatic N) is 1. The minimum atomic E-state index is -1.27. The van der Waals surface area contributed by atoms with E-state index in [-0.39, 0.29) is 16.9 Å². The Kier molecular flexibility index (Phi) is 5.97. The maximum atomic E-state index is 14.6. The molecular weight excluding hydrogens is 488 g/mol. The first-order chi connectivity index (χ1) is 16.6. The molecule has 3 aromatic rings. The van der Waals surface area contributed by atoms with E-state index in [2.05, 4.69) is 30.9 Å². The summed E-state index contributed by atoms with van der Waals surface area (Å²) in [5, 5.41) is 10.5. The Bertz CT molecular complexity index is 1280. The number of ether oxygens (including phenoxy) is 1. The lowest BCUT2D eigenvalue weighted by molar-refractivity contribution is 0.00644. The van der Waals surface area contributed by atoms with Crippen LogP contribution in [-0.2, 0) is 5.54 Å². The third-order valence-corrected chi connectivity index (χ3v) is 8.05. The van der Waals surface area contributed by atoms with E-state index >= 15 is 0 Å². The van der Waals surface area contributed by atoms with E-state index in [9.17, 15) is 14.3 Å². The summed E-state index contributed by atoms with van der Waals surface area (Å²) in [6.07, 6.45) is 1.90. The zero-order chi connectivity index (χ0) is 25.0. The lowest BCUT2D eigenvalue weighted by Gasteiger charge is -2.65. The fourth-order valence-corrected chi connectivity index (χ4v) is 5.72. The van der Waals surface area contributed by atoms with Gasteiger partial charge in [-0.25, -0.2) is 9.18 Å². The van der Waals surface area contributed by atoms with Crippen molar-refractivity contribution in [2.24, 2.45) is 5.41 Å². The third kappa shape index (κ3) is 4.15. The van der Waals surface area contributed by atoms with E-state index in [0.29, 0.717) is 28.9 Å². The predicted octanol–water partition coefficient (Wildman–Crippen LogP) is 7.53. The summed E-state index contributed by atoms with van der Waals surface area (Å²) in [4.78, 5) is 13.7. The first-order valence-electron chi connectivity index (χ1n) is 11.6. The molecule has 0 radical (unpaired) electrons. The molecule has 1 N–H and O–H groups in total. The highest BCUT2D eigenvalue weighted by atomic mass is 35.5. The van der Waals surface area contributed by atoms with Crippen molar-refractivity contribution in [2.75, 3.05) is 18.1 Å². The van der Waals surface area contributed by atoms with Crippen molar-refractivity contribution in [3.63, 3.8) is 0 Å². The fourth-order valence-electron chi connectivity index (χ4n) is 5.20. The highest BCUT2D eigenvalue weighted by Gasteiger charge is 2.60. The van der Waals surface area contributed by atoms with Crippen LogP contribution in [-0.4, -0.2) is 24.2 Å². The van der Waals surface area contributed by atoms with Gasteiger partial charge in [-0.05, 0) is 61.1 Å². The molecule has 5 rings (SSSR count). The topological polar surface area (TPSA) is 49.8 Å². The maximum absolute atomic E-state index is 14.6. The van der Waals surface area contributed by atoms with Crippen LogP contribution in [0.2, 0.25) is 10.0 Å². The Morgan fingerprint density at radius 3 is 2.34 bits per heavy atom. The lowest BCUT2D eigenvalue weighted by Crippen LogP contribution is -2.72. The average Bonchev–Trinajstić information content (AvgIpc) is 3.65. The smallest absolute Gasteiger partial charge is 0.338 e. The van der Waals surface area contributed by atoms with Crippen LogP contribution in [0.4, 0.5) is 10.1 Å². The lowest BCUT2D eigenvalue weighted by atomic mass is 9.60. The summed E-state index contributed by atoms with van der Waals surface area (Å²) >= 11 is 12.6. The van der Waals surface area contributed by atoms with Gasteiger partial charge in [-0.2, -0.15) is 0 Å². The Hall–Kier alpha value is -2.76. The highest BCUT2D eigenvalue weighted by molar-refractivity contribution is 6.35. The van der Waals surface area contributed by atoms with Crippen molar-refractivity contribution < 1.29 is 19.0 Å². The third-order valence-electron chi connectivity index (χ3n) is 7.61. The van der Waals surface area contributed by atoms with E-state index in [1.54, 1.807) is 6.07 Å². The second kappa shape index (κ2) is 8.72. The van der Waals surface area contributed by atoms with Crippen molar-refractivity contribution in [1.82, 2.24) is 0 Å². The van der Waals surface area contributed by atoms with Gasteiger partial charge >= 0.3 is 5.97 Å². The molecule has 7 heteroatoms. The molecule has 2 fully saturated rings. The van der Waals surface area contributed by atoms with Gasteiger partial charge in [0.1, 0.15) is 11.6 Å². The van der Waals surface area contributed by atoms with Gasteiger partial charge in [0.15, 0.2) is 0 Å². The van der Waals surface area contributed by atoms with Crippen LogP contribution in [0.3, 0.4) is 0 Å². The number of carboxylic acids is 1. The summed E-state index contributed by atoms with van der Waals surface area (Å²) in [7, 11) is 0. The molecule has 2 aliphatic rings. The van der Waals surface area contributed by atoms with Crippen molar-refractivity contribution in [3.8, 4) is 5.75 Å². The van der Waals surface area contributed by atoms with Crippen molar-refractivity contribution in [2.45, 2.75) is 38.1 Å². The largest absolute Gasteiger partial charge is 0.492 e. The van der Waals surface area contributed by atoms with Crippen molar-refractivity contribution >= 4 is 34.9 Å². The maximum Gasteiger partial charge on any atom is 0.338 e. The number of benzene rings is 3. The van der Waals surface area contributed by atoms with E-state index in [1.165, 1.54) is 12.1 Å². The van der Waals surface area contributed by atoms with E-state index < -0.39 is 17.3 Å². The molecular formula is C28H26Cl2FNO3. The van der Waals surface area contributed by atoms with Gasteiger partial charge in [0, 0.05) is 33.8 Å². The molecule has 2 atom stereocenters. The normalized spacial score (nSPS) is 23.6. The predicted molar refractivity (Wildman–Crippen MR) is 137 cm³/mol. The van der Waals surface area contributed by atoms with Gasteiger partial charge in [-0.3, -0.25) is 0 Å². The van der Waals surface area contributed by atoms with Crippen LogP contribution in [0.1, 0.15) is 54.1 Å². The number of anilines is 1. The van der Waals surface area contributed by atoms with E-state index in [0.717, 1.165) is 29.7 Å². The molecule has 0 amide bonds. The number of hydrogen-bond acceptors (Lipinski definition) is 3. The number of halogens is 3. The van der Waals surface area contributed by atoms with Gasteiger partial charge in [0.25, 0.3) is 0 Å². The molecule has 2 unspecified atom stereocenters. The molecule has 1 saturated carbocycles. The summed E-state index contributed by atoms with van der Waals surface area (Å²) in [6, 6.07) is 18.4. The first kappa shape index (κ1) is 24.0. The van der Waals surface area contributed by atoms with Gasteiger partial charge in [0.05, 0.1) is 17.7 Å². The first-order valence-corrected chi connectivity index (χ1v) is 12.4. The molecule has 1 heterocycles. The molecule has 35 heavy (non-hydrogen) atoms. The second-order valence-electron chi connectivity index (χ2n) is 9.95. The summed E-state index contributed by atoms with van der Waals surface area (Å²) < 4.78 is 20.9. The van der Waals surface area contributed by atoms with Gasteiger partial charge < -0.3 is 14.7 Å². The standard InChI is InChI=1S/C28H26Cl2FNO3/c1-27(16-35-25-14-24(31)23(26(33)34)13-22(25)17-8-9-17)15-32(21-11-19(29)10-20(30)12-21)28(27,2)18-6-4-3-5-7-18/h3-7,10-14,17H,8-9,15-16H2,1-2H3,(H,33,34). The van der Waals surface area contributed by atoms with Crippen LogP contribution in [0.5, 0.6) is 5.75 Å². The Labute approximate surface area is 214 Å². The molecule has 3 aromatic carbocycles. The van der Waals surface area contributed by atoms with Crippen LogP contribution < -0.4 is 9.64 Å². The number of carboxylic acid groups (broad SMARTS) is 1. The molecule has 1 aliphatic heterocycles. The monoisotopic (exact) mass is 513 g/mol. The van der Waals surface area contributed by atoms with Gasteiger partial charge in [-0.15, -0.1) is 0 Å². The molecule has 1 saturated heterocycles. The minimum absolute atomic E-state index is 0.212. The fraction of sp³-hybridized carbons (Fsp3) is 0.321. The number of rotatable bonds is 7. The molecule has 0 aromatic heterocycles. The van der Waals surface area contributed by atoms with Crippen LogP contribution in [0, 0.1) is 11.2 Å². The Morgan fingerprint density at radius 1 is 1.09 bits per heavy atom. The molecule has 182 valence electrons. The average molecular weight is 514 g/mol. The molecule has 4 nitrogen and oxygen atoms in total. The zero-order valence-electron chi connectivity index (χ0n) is 19.5. The molecule has 0 bridgehead atoms. The van der Waals surface area contributed by atoms with E-state index in [1.807, 2.05) is 30.3 Å². The number of hydrogen-bond donors (Lipinski definition) is 1. The Balaban J connectivity index is 1.49. The second-order valence-corrected chi connectivity index (χ2v) is 10.8. The number of carbonyl (C=O) groups is 1. The summed E-state index contributed by atoms with van der Waals surface area (Å²) in [6.45, 7) is 5.32. The SMILES string of the molecule is CC1(COc2cc(F)c(C(=O)O)cc2C2CC2)CN(c2cc(Cl)cc(Cl)c2)C1(C)c1ccccc1. The van der Waals surface area contributed by atoms with Crippen molar-refractivity contribution in [1.29, 1.82) is 0 Å². The van der Waals surface area contributed by atoms with Gasteiger partial charge in [-0.1, -0.05) is 60.5 Å².